The molecule has 0 aliphatic carbocycles. The summed E-state index contributed by atoms with van der Waals surface area (Å²) in [6.45, 7) is 3.40. The monoisotopic (exact) mass is 792 g/mol. The minimum atomic E-state index is -0.695. The minimum absolute atomic E-state index is 0.162. The van der Waals surface area contributed by atoms with Crippen molar-refractivity contribution in [3.8, 4) is 11.6 Å². The van der Waals surface area contributed by atoms with E-state index in [4.69, 9.17) is 28.4 Å². The smallest absolute Gasteiger partial charge is 0.339 e. The number of methoxy groups -OCH3 is 1. The highest BCUT2D eigenvalue weighted by Gasteiger charge is 2.19. The Labute approximate surface area is 327 Å². The van der Waals surface area contributed by atoms with Gasteiger partial charge in [0, 0.05) is 55.3 Å². The first-order valence-electron chi connectivity index (χ1n) is 17.9. The highest BCUT2D eigenvalue weighted by atomic mass is 16.6. The van der Waals surface area contributed by atoms with Gasteiger partial charge in [-0.15, -0.1) is 0 Å². The summed E-state index contributed by atoms with van der Waals surface area (Å²) in [4.78, 5) is 61.7. The molecule has 304 valence electrons. The van der Waals surface area contributed by atoms with Gasteiger partial charge in [0.2, 0.25) is 11.8 Å². The predicted molar refractivity (Wildman–Crippen MR) is 206 cm³/mol. The van der Waals surface area contributed by atoms with E-state index in [-0.39, 0.29) is 60.9 Å². The van der Waals surface area contributed by atoms with E-state index in [9.17, 15) is 34.6 Å². The van der Waals surface area contributed by atoms with Crippen molar-refractivity contribution >= 4 is 45.6 Å². The van der Waals surface area contributed by atoms with Gasteiger partial charge < -0.3 is 44.4 Å². The number of nitrogens with one attached hydrogen (secondary N) is 3. The molecule has 0 unspecified atom stereocenters. The molecular weight excluding hydrogens is 748 g/mol. The molecule has 19 heteroatoms. The number of anilines is 1. The van der Waals surface area contributed by atoms with Crippen LogP contribution in [0.4, 0.5) is 17.1 Å². The van der Waals surface area contributed by atoms with E-state index < -0.39 is 15.8 Å². The number of fused-ring (bicyclic) bond motifs is 1. The lowest BCUT2D eigenvalue weighted by Gasteiger charge is -2.12. The van der Waals surface area contributed by atoms with Crippen LogP contribution in [0.15, 0.2) is 72.9 Å². The van der Waals surface area contributed by atoms with E-state index in [1.807, 2.05) is 12.1 Å². The zero-order valence-electron chi connectivity index (χ0n) is 31.3. The van der Waals surface area contributed by atoms with Crippen molar-refractivity contribution in [2.75, 3.05) is 84.9 Å². The summed E-state index contributed by atoms with van der Waals surface area (Å²) >= 11 is 0. The van der Waals surface area contributed by atoms with Crippen LogP contribution in [0.5, 0.6) is 11.6 Å². The van der Waals surface area contributed by atoms with E-state index in [1.54, 1.807) is 36.4 Å². The van der Waals surface area contributed by atoms with Crippen LogP contribution in [0.1, 0.15) is 33.6 Å². The summed E-state index contributed by atoms with van der Waals surface area (Å²) in [5, 5.41) is 32.0. The van der Waals surface area contributed by atoms with Crippen LogP contribution in [-0.2, 0) is 28.5 Å². The number of non-ortho nitro benzene ring substituents is 1. The van der Waals surface area contributed by atoms with Crippen molar-refractivity contribution in [1.29, 1.82) is 0 Å². The number of nitro benzene ring substituents is 2. The maximum atomic E-state index is 13.0. The van der Waals surface area contributed by atoms with Crippen LogP contribution >= 0.6 is 0 Å². The summed E-state index contributed by atoms with van der Waals surface area (Å²) in [6.07, 6.45) is 2.07. The summed E-state index contributed by atoms with van der Waals surface area (Å²) in [7, 11) is 1.29. The largest absolute Gasteiger partial charge is 0.465 e. The van der Waals surface area contributed by atoms with Gasteiger partial charge in [-0.2, -0.15) is 0 Å². The molecule has 0 aliphatic heterocycles. The van der Waals surface area contributed by atoms with Crippen LogP contribution < -0.4 is 20.7 Å². The number of hydrogen-bond donors (Lipinski definition) is 3. The molecule has 0 saturated carbocycles. The van der Waals surface area contributed by atoms with E-state index in [2.05, 4.69) is 20.9 Å². The number of esters is 1. The van der Waals surface area contributed by atoms with Crippen molar-refractivity contribution in [2.24, 2.45) is 0 Å². The van der Waals surface area contributed by atoms with Gasteiger partial charge in [-0.25, -0.2) is 9.78 Å². The number of hydrogen-bond acceptors (Lipinski definition) is 15. The Morgan fingerprint density at radius 2 is 1.39 bits per heavy atom. The fraction of sp³-hybridized carbons (Fsp3) is 0.368. The van der Waals surface area contributed by atoms with Gasteiger partial charge in [-0.1, -0.05) is 24.3 Å². The number of rotatable bonds is 26. The number of ether oxygens (including phenoxy) is 6. The molecule has 0 spiro atoms. The lowest BCUT2D eigenvalue weighted by Crippen LogP contribution is -2.30. The Balaban J connectivity index is 0.980. The van der Waals surface area contributed by atoms with Gasteiger partial charge in [-0.3, -0.25) is 29.8 Å². The molecule has 1 heterocycles. The van der Waals surface area contributed by atoms with Crippen LogP contribution in [0.25, 0.3) is 10.8 Å². The van der Waals surface area contributed by atoms with Crippen molar-refractivity contribution < 1.29 is 52.7 Å². The Morgan fingerprint density at radius 3 is 2.05 bits per heavy atom. The fourth-order valence-electron chi connectivity index (χ4n) is 5.18. The fourth-order valence-corrected chi connectivity index (χ4v) is 5.18. The van der Waals surface area contributed by atoms with E-state index >= 15 is 0 Å². The molecule has 57 heavy (non-hydrogen) atoms. The molecule has 0 bridgehead atoms. The SMILES string of the molecule is COC(=O)c1ccc(Oc2cccc3c(C(=O)NCCCNC(=O)CCOCCOCCOCCOCCNc4ccc([N+](=O)[O-])cc4[N+](=O)[O-])cccc23)nc1. The van der Waals surface area contributed by atoms with Gasteiger partial charge in [0.15, 0.2) is 0 Å². The van der Waals surface area contributed by atoms with Crippen molar-refractivity contribution in [2.45, 2.75) is 12.8 Å². The summed E-state index contributed by atoms with van der Waals surface area (Å²) in [6, 6.07) is 17.2. The Bertz CT molecular complexity index is 1960. The maximum Gasteiger partial charge on any atom is 0.339 e. The summed E-state index contributed by atoms with van der Waals surface area (Å²) in [5.41, 5.74) is 0.178. The lowest BCUT2D eigenvalue weighted by molar-refractivity contribution is -0.393. The molecule has 0 radical (unpaired) electrons. The van der Waals surface area contributed by atoms with Crippen LogP contribution in [0.3, 0.4) is 0 Å². The lowest BCUT2D eigenvalue weighted by atomic mass is 10.0. The number of benzene rings is 3. The average molecular weight is 793 g/mol. The second-order valence-corrected chi connectivity index (χ2v) is 11.9. The number of carbonyl (C=O) groups is 3. The third-order valence-electron chi connectivity index (χ3n) is 8.00. The second kappa shape index (κ2) is 23.6. The number of amides is 2. The molecule has 3 N–H and O–H groups in total. The molecule has 4 aromatic rings. The molecule has 0 aliphatic rings. The van der Waals surface area contributed by atoms with Crippen LogP contribution in [0.2, 0.25) is 0 Å². The molecule has 19 nitrogen and oxygen atoms in total. The standard InChI is InChI=1S/C38H44N6O13/c1-52-38(47)27-9-12-36(42-26-27)57-34-8-3-5-29-30(34)6-2-7-31(29)37(46)41-15-4-14-40-35(45)13-17-53-19-21-55-23-24-56-22-20-54-18-16-39-32-11-10-28(43(48)49)25-33(32)44(50)51/h2-3,5-12,25-26,39H,4,13-24H2,1H3,(H,40,45)(H,41,46). The minimum Gasteiger partial charge on any atom is -0.465 e. The Hall–Kier alpha value is -6.28. The van der Waals surface area contributed by atoms with Gasteiger partial charge in [0.05, 0.1) is 81.4 Å². The predicted octanol–water partition coefficient (Wildman–Crippen LogP) is 4.43. The average Bonchev–Trinajstić information content (AvgIpc) is 3.21. The van der Waals surface area contributed by atoms with E-state index in [0.717, 1.165) is 6.07 Å². The molecule has 1 aromatic heterocycles. The van der Waals surface area contributed by atoms with Gasteiger partial charge >= 0.3 is 5.97 Å². The molecular formula is C38H44N6O13. The molecule has 2 amide bonds. The van der Waals surface area contributed by atoms with E-state index in [1.165, 1.54) is 25.4 Å². The van der Waals surface area contributed by atoms with Crippen LogP contribution in [0, 0.1) is 20.2 Å². The third kappa shape index (κ3) is 14.4. The highest BCUT2D eigenvalue weighted by molar-refractivity contribution is 6.08. The van der Waals surface area contributed by atoms with E-state index in [0.29, 0.717) is 86.8 Å². The van der Waals surface area contributed by atoms with Gasteiger partial charge in [0.1, 0.15) is 11.4 Å². The zero-order chi connectivity index (χ0) is 40.8. The van der Waals surface area contributed by atoms with Crippen molar-refractivity contribution in [1.82, 2.24) is 15.6 Å². The first-order chi connectivity index (χ1) is 27.7. The molecule has 0 saturated heterocycles. The van der Waals surface area contributed by atoms with Crippen molar-refractivity contribution in [3.05, 3.63) is 104 Å². The first kappa shape index (κ1) is 43.4. The molecule has 0 fully saturated rings. The summed E-state index contributed by atoms with van der Waals surface area (Å²) < 4.78 is 32.4. The quantitative estimate of drug-likeness (QED) is 0.0345. The number of aromatic nitrogens is 1. The summed E-state index contributed by atoms with van der Waals surface area (Å²) in [5.74, 6) is -0.158. The Morgan fingerprint density at radius 1 is 0.719 bits per heavy atom. The second-order valence-electron chi connectivity index (χ2n) is 11.9. The number of carbonyl (C=O) groups excluding carboxylic acids is 3. The van der Waals surface area contributed by atoms with Crippen LogP contribution in [-0.4, -0.2) is 112 Å². The normalized spacial score (nSPS) is 10.8. The van der Waals surface area contributed by atoms with Crippen molar-refractivity contribution in [3.63, 3.8) is 0 Å². The Kier molecular flexibility index (Phi) is 18.0. The topological polar surface area (TPSA) is 242 Å². The number of nitro groups is 2. The maximum absolute atomic E-state index is 13.0. The van der Waals surface area contributed by atoms with Gasteiger partial charge in [-0.05, 0) is 36.1 Å². The number of pyridine rings is 1. The number of nitrogens with zero attached hydrogens (tertiary/aromatic N) is 3. The van der Waals surface area contributed by atoms with Gasteiger partial charge in [0.25, 0.3) is 17.3 Å². The molecule has 4 rings (SSSR count). The third-order valence-corrected chi connectivity index (χ3v) is 8.00. The molecule has 3 aromatic carbocycles. The zero-order valence-corrected chi connectivity index (χ0v) is 31.3. The highest BCUT2D eigenvalue weighted by Crippen LogP contribution is 2.31. The first-order valence-corrected chi connectivity index (χ1v) is 17.9. The molecule has 0 atom stereocenters.